The number of nitrogens with zero attached hydrogens (tertiary/aromatic N) is 4. The van der Waals surface area contributed by atoms with Gasteiger partial charge in [-0.1, -0.05) is 154 Å². The number of thiophene rings is 3. The van der Waals surface area contributed by atoms with Gasteiger partial charge in [0.25, 0.3) is 0 Å². The molecule has 7 aromatic heterocycles. The molecule has 1 aromatic carbocycles. The van der Waals surface area contributed by atoms with Gasteiger partial charge in [-0.25, -0.2) is 9.97 Å². The van der Waals surface area contributed by atoms with Crippen LogP contribution >= 0.6 is 58.4 Å². The third-order valence-corrected chi connectivity index (χ3v) is 15.9. The summed E-state index contributed by atoms with van der Waals surface area (Å²) in [5, 5.41) is 4.76. The van der Waals surface area contributed by atoms with Crippen molar-refractivity contribution in [1.29, 1.82) is 0 Å². The van der Waals surface area contributed by atoms with E-state index in [0.717, 1.165) is 74.3 Å². The minimum atomic E-state index is 0.860. The zero-order valence-electron chi connectivity index (χ0n) is 31.7. The molecule has 0 fully saturated rings. The molecule has 0 aliphatic rings. The van der Waals surface area contributed by atoms with Crippen LogP contribution < -0.4 is 0 Å². The van der Waals surface area contributed by atoms with Crippen molar-refractivity contribution in [1.82, 2.24) is 18.8 Å². The Balaban J connectivity index is 0.994. The van der Waals surface area contributed by atoms with E-state index in [1.807, 2.05) is 22.7 Å². The van der Waals surface area contributed by atoms with Crippen molar-refractivity contribution in [2.45, 2.75) is 155 Å². The molecule has 0 saturated heterocycles. The fraction of sp³-hybridized carbons (Fsp3) is 0.545. The molecule has 280 valence electrons. The lowest BCUT2D eigenvalue weighted by Crippen LogP contribution is -1.92. The lowest BCUT2D eigenvalue weighted by molar-refractivity contribution is 0.557. The summed E-state index contributed by atoms with van der Waals surface area (Å²) >= 11 is 18.1. The maximum absolute atomic E-state index is 6.30. The second-order valence-corrected chi connectivity index (χ2v) is 19.5. The summed E-state index contributed by atoms with van der Waals surface area (Å²) < 4.78 is 8.50. The van der Waals surface area contributed by atoms with E-state index in [2.05, 4.69) is 46.9 Å². The summed E-state index contributed by atoms with van der Waals surface area (Å²) in [4.78, 5) is 15.5. The second-order valence-electron chi connectivity index (χ2n) is 15.5. The van der Waals surface area contributed by atoms with Gasteiger partial charge in [0.15, 0.2) is 0 Å². The molecular weight excluding hydrogens is 745 g/mol. The van der Waals surface area contributed by atoms with E-state index in [4.69, 9.17) is 34.4 Å². The molecule has 0 N–H and O–H groups in total. The highest BCUT2D eigenvalue weighted by molar-refractivity contribution is 7.72. The van der Waals surface area contributed by atoms with Gasteiger partial charge in [-0.2, -0.15) is 0 Å². The molecule has 0 radical (unpaired) electrons. The third-order valence-electron chi connectivity index (χ3n) is 11.5. The molecule has 8 aromatic rings. The van der Waals surface area contributed by atoms with Crippen LogP contribution in [0.1, 0.15) is 152 Å². The summed E-state index contributed by atoms with van der Waals surface area (Å²) in [5.41, 5.74) is 4.27. The first-order valence-corrected chi connectivity index (χ1v) is 24.1. The van der Waals surface area contributed by atoms with Crippen molar-refractivity contribution in [2.24, 2.45) is 0 Å². The van der Waals surface area contributed by atoms with Gasteiger partial charge in [-0.3, -0.25) is 8.80 Å². The van der Waals surface area contributed by atoms with Crippen molar-refractivity contribution >= 4 is 121 Å². The van der Waals surface area contributed by atoms with Crippen LogP contribution in [0, 0.1) is 9.28 Å². The fourth-order valence-corrected chi connectivity index (χ4v) is 12.7. The number of unbranched alkanes of at least 4 members (excludes halogenated alkanes) is 18. The lowest BCUT2D eigenvalue weighted by atomic mass is 10.0. The van der Waals surface area contributed by atoms with E-state index in [9.17, 15) is 0 Å². The number of aryl methyl sites for hydroxylation is 2. The first-order chi connectivity index (χ1) is 26.1. The predicted molar refractivity (Wildman–Crippen MR) is 240 cm³/mol. The van der Waals surface area contributed by atoms with Crippen molar-refractivity contribution < 1.29 is 0 Å². The van der Waals surface area contributed by atoms with Gasteiger partial charge in [0.2, 0.25) is 0 Å². The van der Waals surface area contributed by atoms with Crippen molar-refractivity contribution in [2.75, 3.05) is 0 Å². The van der Waals surface area contributed by atoms with Crippen LogP contribution in [0.4, 0.5) is 0 Å². The molecule has 8 rings (SSSR count). The van der Waals surface area contributed by atoms with Crippen LogP contribution in [0.5, 0.6) is 0 Å². The molecule has 0 unspecified atom stereocenters. The molecule has 0 amide bonds. The van der Waals surface area contributed by atoms with Gasteiger partial charge in [0.05, 0.1) is 20.4 Å². The van der Waals surface area contributed by atoms with Crippen molar-refractivity contribution in [3.63, 3.8) is 0 Å². The Morgan fingerprint density at radius 3 is 1.23 bits per heavy atom. The SMILES string of the molecule is CCCCCCCCCCCCc1cc2c(nc3c4ccc5c6c(sc(c(=S)n23)c46)c(=S)n2c3cc(CCCCCCCCCCCC)sc3nc52)s1. The van der Waals surface area contributed by atoms with Crippen LogP contribution in [-0.2, 0) is 12.8 Å². The number of hydrogen-bond donors (Lipinski definition) is 0. The van der Waals surface area contributed by atoms with Crippen LogP contribution in [0.15, 0.2) is 24.3 Å². The van der Waals surface area contributed by atoms with E-state index in [0.29, 0.717) is 0 Å². The fourth-order valence-electron chi connectivity index (χ4n) is 8.59. The summed E-state index contributed by atoms with van der Waals surface area (Å²) in [6.45, 7) is 4.58. The highest BCUT2D eigenvalue weighted by Gasteiger charge is 2.24. The molecule has 7 heterocycles. The normalized spacial score (nSPS) is 12.6. The smallest absolute Gasteiger partial charge is 0.148 e. The van der Waals surface area contributed by atoms with Crippen LogP contribution in [0.2, 0.25) is 0 Å². The van der Waals surface area contributed by atoms with Gasteiger partial charge in [0.1, 0.15) is 30.2 Å². The van der Waals surface area contributed by atoms with Crippen molar-refractivity contribution in [3.8, 4) is 0 Å². The first kappa shape index (κ1) is 37.6. The highest BCUT2D eigenvalue weighted by atomic mass is 32.1. The van der Waals surface area contributed by atoms with E-state index in [1.54, 1.807) is 11.3 Å². The number of pyridine rings is 2. The Hall–Kier alpha value is -2.30. The molecule has 0 aliphatic carbocycles. The van der Waals surface area contributed by atoms with Crippen molar-refractivity contribution in [3.05, 3.63) is 43.3 Å². The Kier molecular flexibility index (Phi) is 12.2. The molecule has 53 heavy (non-hydrogen) atoms. The minimum absolute atomic E-state index is 0.860. The maximum atomic E-state index is 6.30. The lowest BCUT2D eigenvalue weighted by Gasteiger charge is -2.06. The largest absolute Gasteiger partial charge is 0.280 e. The molecule has 0 aliphatic heterocycles. The number of rotatable bonds is 22. The molecule has 0 atom stereocenters. The Labute approximate surface area is 336 Å². The maximum Gasteiger partial charge on any atom is 0.148 e. The Morgan fingerprint density at radius 1 is 0.491 bits per heavy atom. The first-order valence-electron chi connectivity index (χ1n) is 20.8. The average Bonchev–Trinajstić information content (AvgIpc) is 3.97. The standard InChI is InChI=1S/C44H54N4S5/c1-3-5-7-9-11-13-15-17-19-21-23-29-27-33-41(51-29)45-39-31-25-26-32-36-35(31)37(43(49)47(33)39)53-38(36)44(50)48-34-28-30(52-42(34)46-40(32)48)24-22-20-18-16-14-12-10-8-6-4-2/h25-28H,3-24H2,1-2H3. The number of fused-ring (bicyclic) bond motifs is 8. The van der Waals surface area contributed by atoms with Crippen LogP contribution in [-0.4, -0.2) is 18.8 Å². The third kappa shape index (κ3) is 7.51. The van der Waals surface area contributed by atoms with Gasteiger partial charge in [-0.15, -0.1) is 34.0 Å². The van der Waals surface area contributed by atoms with Crippen LogP contribution in [0.3, 0.4) is 0 Å². The quantitative estimate of drug-likeness (QED) is 0.0389. The van der Waals surface area contributed by atoms with Gasteiger partial charge in [-0.05, 0) is 49.9 Å². The summed E-state index contributed by atoms with van der Waals surface area (Å²) in [6.07, 6.45) is 29.6. The molecule has 9 heteroatoms. The Morgan fingerprint density at radius 2 is 0.849 bits per heavy atom. The molecule has 0 spiro atoms. The number of imidazole rings is 2. The minimum Gasteiger partial charge on any atom is -0.280 e. The molecule has 4 nitrogen and oxygen atoms in total. The zero-order chi connectivity index (χ0) is 36.3. The van der Waals surface area contributed by atoms with E-state index >= 15 is 0 Å². The summed E-state index contributed by atoms with van der Waals surface area (Å²) in [5.74, 6) is 0. The van der Waals surface area contributed by atoms with Gasteiger partial charge < -0.3 is 0 Å². The van der Waals surface area contributed by atoms with E-state index in [1.165, 1.54) is 149 Å². The summed E-state index contributed by atoms with van der Waals surface area (Å²) in [7, 11) is 0. The monoisotopic (exact) mass is 798 g/mol. The van der Waals surface area contributed by atoms with E-state index < -0.39 is 0 Å². The zero-order valence-corrected chi connectivity index (χ0v) is 35.8. The van der Waals surface area contributed by atoms with Gasteiger partial charge >= 0.3 is 0 Å². The van der Waals surface area contributed by atoms with E-state index in [-0.39, 0.29) is 0 Å². The highest BCUT2D eigenvalue weighted by Crippen LogP contribution is 2.46. The number of aromatic nitrogens is 4. The Bertz CT molecular complexity index is 2390. The summed E-state index contributed by atoms with van der Waals surface area (Å²) in [6, 6.07) is 9.23. The van der Waals surface area contributed by atoms with Gasteiger partial charge in [0, 0.05) is 31.3 Å². The topological polar surface area (TPSA) is 34.6 Å². The number of hydrogen-bond acceptors (Lipinski definition) is 7. The molecular formula is C44H54N4S5. The molecule has 0 saturated carbocycles. The average molecular weight is 799 g/mol. The second kappa shape index (κ2) is 17.2. The number of benzene rings is 1. The predicted octanol–water partition coefficient (Wildman–Crippen LogP) is 16.2. The van der Waals surface area contributed by atoms with Crippen LogP contribution in [0.25, 0.3) is 62.9 Å². The molecule has 0 bridgehead atoms.